The van der Waals surface area contributed by atoms with Crippen molar-refractivity contribution in [1.29, 1.82) is 0 Å². The number of halogens is 2. The predicted molar refractivity (Wildman–Crippen MR) is 95.0 cm³/mol. The van der Waals surface area contributed by atoms with E-state index < -0.39 is 0 Å². The third-order valence-electron chi connectivity index (χ3n) is 2.93. The van der Waals surface area contributed by atoms with Crippen molar-refractivity contribution in [2.75, 3.05) is 0 Å². The van der Waals surface area contributed by atoms with Crippen molar-refractivity contribution in [2.24, 2.45) is 5.10 Å². The summed E-state index contributed by atoms with van der Waals surface area (Å²) in [5.41, 5.74) is 1.80. The molecule has 0 bridgehead atoms. The molecule has 0 aliphatic heterocycles. The SMILES string of the molecule is S=c1[nH]nc(-c2cccc(Cl)c2)n1/N=C/c1ccc(Br)cc1. The Labute approximate surface area is 145 Å². The zero-order chi connectivity index (χ0) is 15.5. The van der Waals surface area contributed by atoms with Crippen LogP contribution in [-0.4, -0.2) is 21.1 Å². The Morgan fingerprint density at radius 1 is 1.23 bits per heavy atom. The molecule has 7 heteroatoms. The van der Waals surface area contributed by atoms with E-state index in [4.69, 9.17) is 23.8 Å². The molecule has 0 radical (unpaired) electrons. The first-order valence-electron chi connectivity index (χ1n) is 6.37. The molecule has 0 aliphatic rings. The highest BCUT2D eigenvalue weighted by Crippen LogP contribution is 2.21. The molecule has 0 unspecified atom stereocenters. The molecule has 1 N–H and O–H groups in total. The molecule has 1 aromatic heterocycles. The van der Waals surface area contributed by atoms with Crippen molar-refractivity contribution in [2.45, 2.75) is 0 Å². The van der Waals surface area contributed by atoms with Crippen LogP contribution < -0.4 is 0 Å². The van der Waals surface area contributed by atoms with E-state index in [0.29, 0.717) is 15.6 Å². The Kier molecular flexibility index (Phi) is 4.52. The van der Waals surface area contributed by atoms with E-state index in [0.717, 1.165) is 15.6 Å². The zero-order valence-corrected chi connectivity index (χ0v) is 14.4. The van der Waals surface area contributed by atoms with Crippen LogP contribution in [0.3, 0.4) is 0 Å². The van der Waals surface area contributed by atoms with Gasteiger partial charge in [0.05, 0.1) is 6.21 Å². The van der Waals surface area contributed by atoms with Gasteiger partial charge in [-0.3, -0.25) is 0 Å². The fourth-order valence-electron chi connectivity index (χ4n) is 1.89. The van der Waals surface area contributed by atoms with Gasteiger partial charge in [0.1, 0.15) is 0 Å². The summed E-state index contributed by atoms with van der Waals surface area (Å²) >= 11 is 14.7. The molecule has 0 saturated heterocycles. The van der Waals surface area contributed by atoms with Gasteiger partial charge in [0, 0.05) is 15.1 Å². The second-order valence-electron chi connectivity index (χ2n) is 4.47. The Hall–Kier alpha value is -1.76. The summed E-state index contributed by atoms with van der Waals surface area (Å²) in [5, 5.41) is 12.0. The molecule has 0 atom stereocenters. The Morgan fingerprint density at radius 3 is 2.73 bits per heavy atom. The Bertz CT molecular complexity index is 883. The maximum absolute atomic E-state index is 6.03. The van der Waals surface area contributed by atoms with Crippen LogP contribution in [0, 0.1) is 4.77 Å². The first-order chi connectivity index (χ1) is 10.6. The molecule has 0 saturated carbocycles. The minimum absolute atomic E-state index is 0.420. The highest BCUT2D eigenvalue weighted by molar-refractivity contribution is 9.10. The number of nitrogens with one attached hydrogen (secondary N) is 1. The van der Waals surface area contributed by atoms with Gasteiger partial charge in [0.2, 0.25) is 4.77 Å². The molecule has 3 rings (SSSR count). The number of aromatic nitrogens is 3. The highest BCUT2D eigenvalue weighted by atomic mass is 79.9. The minimum atomic E-state index is 0.420. The van der Waals surface area contributed by atoms with Crippen LogP contribution in [-0.2, 0) is 0 Å². The Morgan fingerprint density at radius 2 is 2.00 bits per heavy atom. The molecule has 22 heavy (non-hydrogen) atoms. The standard InChI is InChI=1S/C15H10BrClN4S/c16-12-6-4-10(5-7-12)9-18-21-14(19-20-15(21)22)11-2-1-3-13(17)8-11/h1-9H,(H,20,22)/b18-9+. The second kappa shape index (κ2) is 6.56. The van der Waals surface area contributed by atoms with E-state index in [1.165, 1.54) is 0 Å². The third-order valence-corrected chi connectivity index (χ3v) is 3.95. The van der Waals surface area contributed by atoms with Crippen molar-refractivity contribution < 1.29 is 0 Å². The smallest absolute Gasteiger partial charge is 0.216 e. The van der Waals surface area contributed by atoms with Crippen molar-refractivity contribution in [1.82, 2.24) is 14.9 Å². The molecule has 1 heterocycles. The van der Waals surface area contributed by atoms with Crippen LogP contribution >= 0.6 is 39.7 Å². The molecule has 0 fully saturated rings. The lowest BCUT2D eigenvalue weighted by atomic mass is 10.2. The number of rotatable bonds is 3. The van der Waals surface area contributed by atoms with E-state index in [2.05, 4.69) is 31.2 Å². The molecule has 110 valence electrons. The summed E-state index contributed by atoms with van der Waals surface area (Å²) in [6.45, 7) is 0. The van der Waals surface area contributed by atoms with Gasteiger partial charge in [-0.25, -0.2) is 5.10 Å². The molecule has 3 aromatic rings. The summed E-state index contributed by atoms with van der Waals surface area (Å²) < 4.78 is 3.01. The molecule has 2 aromatic carbocycles. The number of hydrogen-bond acceptors (Lipinski definition) is 3. The van der Waals surface area contributed by atoms with Crippen LogP contribution in [0.25, 0.3) is 11.4 Å². The Balaban J connectivity index is 1.99. The molecule has 0 amide bonds. The molecular weight excluding hydrogens is 384 g/mol. The average Bonchev–Trinajstić information content (AvgIpc) is 2.88. The van der Waals surface area contributed by atoms with Gasteiger partial charge in [0.15, 0.2) is 5.82 Å². The second-order valence-corrected chi connectivity index (χ2v) is 6.21. The lowest BCUT2D eigenvalue weighted by Crippen LogP contribution is -1.95. The van der Waals surface area contributed by atoms with Crippen LogP contribution in [0.4, 0.5) is 0 Å². The summed E-state index contributed by atoms with van der Waals surface area (Å²) in [6.07, 6.45) is 1.73. The number of benzene rings is 2. The van der Waals surface area contributed by atoms with Crippen LogP contribution in [0.1, 0.15) is 5.56 Å². The largest absolute Gasteiger partial charge is 0.250 e. The van der Waals surface area contributed by atoms with Crippen LogP contribution in [0.2, 0.25) is 5.02 Å². The maximum Gasteiger partial charge on any atom is 0.216 e. The summed E-state index contributed by atoms with van der Waals surface area (Å²) in [4.78, 5) is 0. The minimum Gasteiger partial charge on any atom is -0.250 e. The van der Waals surface area contributed by atoms with Gasteiger partial charge in [-0.15, -0.1) is 0 Å². The maximum atomic E-state index is 6.03. The number of aromatic amines is 1. The molecule has 0 spiro atoms. The van der Waals surface area contributed by atoms with E-state index in [-0.39, 0.29) is 0 Å². The summed E-state index contributed by atoms with van der Waals surface area (Å²) in [6, 6.07) is 15.2. The third kappa shape index (κ3) is 3.35. The van der Waals surface area contributed by atoms with Crippen molar-refractivity contribution in [3.8, 4) is 11.4 Å². The van der Waals surface area contributed by atoms with Crippen molar-refractivity contribution >= 4 is 46.0 Å². The summed E-state index contributed by atoms with van der Waals surface area (Å²) in [7, 11) is 0. The fourth-order valence-corrected chi connectivity index (χ4v) is 2.52. The normalized spacial score (nSPS) is 11.2. The van der Waals surface area contributed by atoms with Crippen molar-refractivity contribution in [3.05, 3.63) is 68.4 Å². The lowest BCUT2D eigenvalue weighted by molar-refractivity contribution is 0.871. The van der Waals surface area contributed by atoms with E-state index in [1.54, 1.807) is 10.9 Å². The molecule has 0 aliphatic carbocycles. The quantitative estimate of drug-likeness (QED) is 0.508. The monoisotopic (exact) mass is 392 g/mol. The predicted octanol–water partition coefficient (Wildman–Crippen LogP) is 4.91. The number of nitrogens with zero attached hydrogens (tertiary/aromatic N) is 3. The van der Waals surface area contributed by atoms with Gasteiger partial charge in [0.25, 0.3) is 0 Å². The molecular formula is C15H10BrClN4S. The fraction of sp³-hybridized carbons (Fsp3) is 0. The van der Waals surface area contributed by atoms with Crippen LogP contribution in [0.5, 0.6) is 0 Å². The van der Waals surface area contributed by atoms with E-state index >= 15 is 0 Å². The van der Waals surface area contributed by atoms with Crippen molar-refractivity contribution in [3.63, 3.8) is 0 Å². The van der Waals surface area contributed by atoms with Gasteiger partial charge in [-0.05, 0) is 42.0 Å². The summed E-state index contributed by atoms with van der Waals surface area (Å²) in [5.74, 6) is 0.612. The molecule has 4 nitrogen and oxygen atoms in total. The van der Waals surface area contributed by atoms with Gasteiger partial charge in [-0.1, -0.05) is 51.8 Å². The van der Waals surface area contributed by atoms with Crippen LogP contribution in [0.15, 0.2) is 58.1 Å². The number of hydrogen-bond donors (Lipinski definition) is 1. The van der Waals surface area contributed by atoms with Gasteiger partial charge in [-0.2, -0.15) is 14.9 Å². The van der Waals surface area contributed by atoms with Gasteiger partial charge >= 0.3 is 0 Å². The van der Waals surface area contributed by atoms with Gasteiger partial charge < -0.3 is 0 Å². The topological polar surface area (TPSA) is 46.0 Å². The zero-order valence-electron chi connectivity index (χ0n) is 11.2. The first-order valence-corrected chi connectivity index (χ1v) is 7.95. The lowest BCUT2D eigenvalue weighted by Gasteiger charge is -2.01. The van der Waals surface area contributed by atoms with E-state index in [1.807, 2.05) is 48.5 Å². The average molecular weight is 394 g/mol. The van der Waals surface area contributed by atoms with E-state index in [9.17, 15) is 0 Å². The first kappa shape index (κ1) is 15.1. The highest BCUT2D eigenvalue weighted by Gasteiger charge is 2.08. The number of H-pyrrole nitrogens is 1.